The maximum absolute atomic E-state index is 3.54. The van der Waals surface area contributed by atoms with E-state index in [4.69, 9.17) is 0 Å². The van der Waals surface area contributed by atoms with Gasteiger partial charge in [-0.15, -0.1) is 0 Å². The Morgan fingerprint density at radius 3 is 1.93 bits per heavy atom. The van der Waals surface area contributed by atoms with Gasteiger partial charge in [0.05, 0.1) is 0 Å². The minimum Gasteiger partial charge on any atom is -0.356 e. The fourth-order valence-corrected chi connectivity index (χ4v) is 3.78. The molecule has 5 aromatic carbocycles. The van der Waals surface area contributed by atoms with Crippen molar-refractivity contribution in [3.8, 4) is 22.3 Å². The van der Waals surface area contributed by atoms with Gasteiger partial charge in [-0.1, -0.05) is 97.1 Å². The minimum absolute atomic E-state index is 1.08. The summed E-state index contributed by atoms with van der Waals surface area (Å²) in [6.45, 7) is 0. The lowest BCUT2D eigenvalue weighted by molar-refractivity contribution is 1.54. The van der Waals surface area contributed by atoms with Crippen LogP contribution in [0.5, 0.6) is 0 Å². The average Bonchev–Trinajstić information content (AvgIpc) is 2.80. The van der Waals surface area contributed by atoms with E-state index in [0.29, 0.717) is 0 Å². The second-order valence-corrected chi connectivity index (χ2v) is 7.18. The monoisotopic (exact) mass is 371 g/mol. The molecule has 138 valence electrons. The zero-order chi connectivity index (χ0) is 19.5. The van der Waals surface area contributed by atoms with Crippen LogP contribution >= 0.6 is 0 Å². The fourth-order valence-electron chi connectivity index (χ4n) is 3.78. The lowest BCUT2D eigenvalue weighted by Crippen LogP contribution is -1.91. The molecule has 0 heterocycles. The van der Waals surface area contributed by atoms with Gasteiger partial charge >= 0.3 is 0 Å². The van der Waals surface area contributed by atoms with Gasteiger partial charge in [-0.3, -0.25) is 0 Å². The van der Waals surface area contributed by atoms with Gasteiger partial charge in [-0.25, -0.2) is 0 Å². The van der Waals surface area contributed by atoms with Crippen LogP contribution in [0.25, 0.3) is 33.0 Å². The Morgan fingerprint density at radius 2 is 1.07 bits per heavy atom. The standard InChI is InChI=1S/C28H21N/c1-2-8-21(9-3-1)22-16-18-25(19-17-22)29-26-13-6-12-24(20-26)28-15-7-11-23-10-4-5-14-27(23)28/h1-20,29H. The highest BCUT2D eigenvalue weighted by Crippen LogP contribution is 2.31. The first kappa shape index (κ1) is 17.3. The molecule has 5 rings (SSSR count). The van der Waals surface area contributed by atoms with Gasteiger partial charge in [0.25, 0.3) is 0 Å². The number of benzene rings is 5. The van der Waals surface area contributed by atoms with E-state index in [1.807, 2.05) is 6.07 Å². The van der Waals surface area contributed by atoms with Crippen molar-refractivity contribution in [2.24, 2.45) is 0 Å². The van der Waals surface area contributed by atoms with Crippen LogP contribution in [-0.2, 0) is 0 Å². The summed E-state index contributed by atoms with van der Waals surface area (Å²) >= 11 is 0. The van der Waals surface area contributed by atoms with Gasteiger partial charge in [-0.05, 0) is 57.3 Å². The molecule has 0 amide bonds. The average molecular weight is 371 g/mol. The molecule has 0 spiro atoms. The summed E-state index contributed by atoms with van der Waals surface area (Å²) < 4.78 is 0. The summed E-state index contributed by atoms with van der Waals surface area (Å²) in [7, 11) is 0. The van der Waals surface area contributed by atoms with Gasteiger partial charge < -0.3 is 5.32 Å². The van der Waals surface area contributed by atoms with Crippen molar-refractivity contribution in [2.45, 2.75) is 0 Å². The Morgan fingerprint density at radius 1 is 0.414 bits per heavy atom. The summed E-state index contributed by atoms with van der Waals surface area (Å²) in [6.07, 6.45) is 0. The van der Waals surface area contributed by atoms with Crippen molar-refractivity contribution in [3.63, 3.8) is 0 Å². The highest BCUT2D eigenvalue weighted by Gasteiger charge is 2.05. The van der Waals surface area contributed by atoms with Crippen molar-refractivity contribution < 1.29 is 0 Å². The third kappa shape index (κ3) is 3.63. The third-order valence-electron chi connectivity index (χ3n) is 5.24. The van der Waals surface area contributed by atoms with Gasteiger partial charge in [0.15, 0.2) is 0 Å². The molecule has 0 aliphatic rings. The van der Waals surface area contributed by atoms with E-state index in [2.05, 4.69) is 121 Å². The maximum atomic E-state index is 3.54. The smallest absolute Gasteiger partial charge is 0.0390 e. The summed E-state index contributed by atoms with van der Waals surface area (Å²) in [5, 5.41) is 6.08. The lowest BCUT2D eigenvalue weighted by Gasteiger charge is -2.11. The summed E-state index contributed by atoms with van der Waals surface area (Å²) in [4.78, 5) is 0. The molecule has 0 radical (unpaired) electrons. The minimum atomic E-state index is 1.08. The van der Waals surface area contributed by atoms with Crippen molar-refractivity contribution in [2.75, 3.05) is 5.32 Å². The van der Waals surface area contributed by atoms with Crippen LogP contribution in [0.15, 0.2) is 121 Å². The van der Waals surface area contributed by atoms with Crippen LogP contribution in [0.1, 0.15) is 0 Å². The van der Waals surface area contributed by atoms with E-state index in [9.17, 15) is 0 Å². The van der Waals surface area contributed by atoms with Crippen LogP contribution in [0.3, 0.4) is 0 Å². The van der Waals surface area contributed by atoms with Crippen LogP contribution < -0.4 is 5.32 Å². The molecule has 0 bridgehead atoms. The molecule has 5 aromatic rings. The highest BCUT2D eigenvalue weighted by atomic mass is 14.9. The quantitative estimate of drug-likeness (QED) is 0.338. The first-order valence-electron chi connectivity index (χ1n) is 9.87. The van der Waals surface area contributed by atoms with Crippen molar-refractivity contribution >= 4 is 22.1 Å². The van der Waals surface area contributed by atoms with Crippen LogP contribution in [-0.4, -0.2) is 0 Å². The Balaban J connectivity index is 1.43. The van der Waals surface area contributed by atoms with Crippen molar-refractivity contribution in [1.82, 2.24) is 0 Å². The fraction of sp³-hybridized carbons (Fsp3) is 0. The Hall–Kier alpha value is -3.84. The zero-order valence-electron chi connectivity index (χ0n) is 16.0. The summed E-state index contributed by atoms with van der Waals surface area (Å²) in [5.74, 6) is 0. The SMILES string of the molecule is c1ccc(-c2ccc(Nc3cccc(-c4cccc5ccccc45)c3)cc2)cc1. The molecule has 1 heteroatoms. The topological polar surface area (TPSA) is 12.0 Å². The van der Waals surface area contributed by atoms with E-state index in [1.165, 1.54) is 33.0 Å². The number of hydrogen-bond donors (Lipinski definition) is 1. The molecule has 0 atom stereocenters. The lowest BCUT2D eigenvalue weighted by atomic mass is 9.98. The number of hydrogen-bond acceptors (Lipinski definition) is 1. The second-order valence-electron chi connectivity index (χ2n) is 7.18. The van der Waals surface area contributed by atoms with Gasteiger partial charge in [0, 0.05) is 11.4 Å². The number of rotatable bonds is 4. The normalized spacial score (nSPS) is 10.8. The van der Waals surface area contributed by atoms with Crippen LogP contribution in [0.4, 0.5) is 11.4 Å². The molecule has 0 saturated heterocycles. The Kier molecular flexibility index (Phi) is 4.56. The third-order valence-corrected chi connectivity index (χ3v) is 5.24. The first-order valence-corrected chi connectivity index (χ1v) is 9.87. The molecule has 0 fully saturated rings. The number of fused-ring (bicyclic) bond motifs is 1. The van der Waals surface area contributed by atoms with Crippen LogP contribution in [0, 0.1) is 0 Å². The molecule has 0 aromatic heterocycles. The predicted octanol–water partition coefficient (Wildman–Crippen LogP) is 7.92. The Labute approximate surface area is 171 Å². The van der Waals surface area contributed by atoms with E-state index >= 15 is 0 Å². The Bertz CT molecular complexity index is 1250. The second kappa shape index (κ2) is 7.65. The van der Waals surface area contributed by atoms with E-state index in [-0.39, 0.29) is 0 Å². The molecule has 1 nitrogen and oxygen atoms in total. The molecule has 0 aliphatic heterocycles. The van der Waals surface area contributed by atoms with Crippen LogP contribution in [0.2, 0.25) is 0 Å². The van der Waals surface area contributed by atoms with Crippen molar-refractivity contribution in [3.05, 3.63) is 121 Å². The molecular weight excluding hydrogens is 350 g/mol. The maximum Gasteiger partial charge on any atom is 0.0390 e. The van der Waals surface area contributed by atoms with E-state index in [1.54, 1.807) is 0 Å². The molecule has 0 aliphatic carbocycles. The first-order chi connectivity index (χ1) is 14.4. The molecule has 1 N–H and O–H groups in total. The highest BCUT2D eigenvalue weighted by molar-refractivity contribution is 5.97. The predicted molar refractivity (Wildman–Crippen MR) is 125 cm³/mol. The number of nitrogens with one attached hydrogen (secondary N) is 1. The molecular formula is C28H21N. The summed E-state index contributed by atoms with van der Waals surface area (Å²) in [5.41, 5.74) is 7.10. The molecule has 0 unspecified atom stereocenters. The van der Waals surface area contributed by atoms with Crippen molar-refractivity contribution in [1.29, 1.82) is 0 Å². The van der Waals surface area contributed by atoms with Gasteiger partial charge in [0.1, 0.15) is 0 Å². The van der Waals surface area contributed by atoms with Gasteiger partial charge in [0.2, 0.25) is 0 Å². The van der Waals surface area contributed by atoms with E-state index in [0.717, 1.165) is 11.4 Å². The molecule has 0 saturated carbocycles. The van der Waals surface area contributed by atoms with E-state index < -0.39 is 0 Å². The zero-order valence-corrected chi connectivity index (χ0v) is 16.0. The van der Waals surface area contributed by atoms with Gasteiger partial charge in [-0.2, -0.15) is 0 Å². The molecule has 29 heavy (non-hydrogen) atoms. The number of anilines is 2. The largest absolute Gasteiger partial charge is 0.356 e. The summed E-state index contributed by atoms with van der Waals surface area (Å²) in [6, 6.07) is 42.7.